The topological polar surface area (TPSA) is 31.4 Å². The van der Waals surface area contributed by atoms with Crippen molar-refractivity contribution in [3.63, 3.8) is 0 Å². The average Bonchev–Trinajstić information content (AvgIpc) is 2.91. The zero-order chi connectivity index (χ0) is 13.5. The molecule has 0 saturated heterocycles. The molecule has 0 fully saturated rings. The number of para-hydroxylation sites is 2. The van der Waals surface area contributed by atoms with E-state index in [1.807, 2.05) is 36.4 Å². The molecule has 1 atom stereocenters. The van der Waals surface area contributed by atoms with E-state index >= 15 is 0 Å². The number of thiazole rings is 1. The van der Waals surface area contributed by atoms with Crippen molar-refractivity contribution < 1.29 is 9.47 Å². The average molecular weight is 348 g/mol. The van der Waals surface area contributed by atoms with Gasteiger partial charge >= 0.3 is 0 Å². The summed E-state index contributed by atoms with van der Waals surface area (Å²) in [6.07, 6.45) is -0.144. The molecule has 0 aliphatic carbocycles. The van der Waals surface area contributed by atoms with Crippen molar-refractivity contribution in [2.24, 2.45) is 0 Å². The van der Waals surface area contributed by atoms with Crippen LogP contribution < -0.4 is 9.47 Å². The lowest BCUT2D eigenvalue weighted by atomic mass is 10.2. The van der Waals surface area contributed by atoms with Crippen LogP contribution in [0.1, 0.15) is 11.1 Å². The van der Waals surface area contributed by atoms with Crippen LogP contribution >= 0.6 is 27.3 Å². The summed E-state index contributed by atoms with van der Waals surface area (Å²) >= 11 is 5.12. The molecule has 100 valence electrons. The third-order valence-corrected chi connectivity index (χ3v) is 4.92. The van der Waals surface area contributed by atoms with Crippen LogP contribution in [-0.4, -0.2) is 11.6 Å². The molecule has 1 unspecified atom stereocenters. The summed E-state index contributed by atoms with van der Waals surface area (Å²) in [6.45, 7) is 0.482. The maximum absolute atomic E-state index is 6.02. The van der Waals surface area contributed by atoms with Crippen LogP contribution in [0, 0.1) is 0 Å². The number of benzene rings is 2. The van der Waals surface area contributed by atoms with Gasteiger partial charge in [0.2, 0.25) is 0 Å². The number of rotatable bonds is 1. The van der Waals surface area contributed by atoms with Gasteiger partial charge in [0.1, 0.15) is 11.6 Å². The standard InChI is InChI=1S/C15H10BrNO2S/c16-9-4-3-6-11-14(9)18-8-12(19-11)15-17-10-5-1-2-7-13(10)20-15/h1-7,12H,8H2. The van der Waals surface area contributed by atoms with Crippen LogP contribution in [0.4, 0.5) is 0 Å². The predicted octanol–water partition coefficient (Wildman–Crippen LogP) is 4.57. The molecule has 20 heavy (non-hydrogen) atoms. The first kappa shape index (κ1) is 12.2. The lowest BCUT2D eigenvalue weighted by Gasteiger charge is -2.25. The zero-order valence-electron chi connectivity index (χ0n) is 10.4. The minimum absolute atomic E-state index is 0.144. The fourth-order valence-electron chi connectivity index (χ4n) is 2.22. The first-order valence-corrected chi connectivity index (χ1v) is 7.85. The molecule has 2 heterocycles. The number of hydrogen-bond acceptors (Lipinski definition) is 4. The second-order valence-electron chi connectivity index (χ2n) is 4.50. The molecular weight excluding hydrogens is 338 g/mol. The van der Waals surface area contributed by atoms with Gasteiger partial charge in [-0.15, -0.1) is 11.3 Å². The highest BCUT2D eigenvalue weighted by atomic mass is 79.9. The molecule has 0 saturated carbocycles. The summed E-state index contributed by atoms with van der Waals surface area (Å²) in [5, 5.41) is 0.955. The number of hydrogen-bond donors (Lipinski definition) is 0. The Kier molecular flexibility index (Phi) is 2.89. The Morgan fingerprint density at radius 1 is 1.15 bits per heavy atom. The van der Waals surface area contributed by atoms with E-state index in [0.717, 1.165) is 26.5 Å². The molecule has 5 heteroatoms. The highest BCUT2D eigenvalue weighted by molar-refractivity contribution is 9.10. The first-order chi connectivity index (χ1) is 9.81. The van der Waals surface area contributed by atoms with Crippen LogP contribution in [0.25, 0.3) is 10.2 Å². The van der Waals surface area contributed by atoms with E-state index in [2.05, 4.69) is 27.0 Å². The minimum Gasteiger partial charge on any atom is -0.484 e. The molecular formula is C15H10BrNO2S. The molecule has 0 N–H and O–H groups in total. The normalized spacial score (nSPS) is 17.4. The van der Waals surface area contributed by atoms with Crippen LogP contribution in [0.15, 0.2) is 46.9 Å². The minimum atomic E-state index is -0.144. The summed E-state index contributed by atoms with van der Waals surface area (Å²) < 4.78 is 13.9. The van der Waals surface area contributed by atoms with Gasteiger partial charge in [0, 0.05) is 0 Å². The van der Waals surface area contributed by atoms with E-state index in [-0.39, 0.29) is 6.10 Å². The number of fused-ring (bicyclic) bond motifs is 2. The Labute approximate surface area is 128 Å². The van der Waals surface area contributed by atoms with E-state index in [4.69, 9.17) is 9.47 Å². The van der Waals surface area contributed by atoms with Crippen LogP contribution in [-0.2, 0) is 0 Å². The molecule has 4 rings (SSSR count). The highest BCUT2D eigenvalue weighted by Gasteiger charge is 2.26. The molecule has 2 aromatic carbocycles. The fraction of sp³-hybridized carbons (Fsp3) is 0.133. The number of ether oxygens (including phenoxy) is 2. The van der Waals surface area contributed by atoms with E-state index in [0.29, 0.717) is 6.61 Å². The van der Waals surface area contributed by atoms with E-state index in [1.54, 1.807) is 11.3 Å². The monoisotopic (exact) mass is 347 g/mol. The van der Waals surface area contributed by atoms with Crippen LogP contribution in [0.5, 0.6) is 11.5 Å². The van der Waals surface area contributed by atoms with Crippen LogP contribution in [0.2, 0.25) is 0 Å². The van der Waals surface area contributed by atoms with Gasteiger partial charge in [-0.3, -0.25) is 0 Å². The summed E-state index contributed by atoms with van der Waals surface area (Å²) in [7, 11) is 0. The van der Waals surface area contributed by atoms with E-state index in [9.17, 15) is 0 Å². The van der Waals surface area contributed by atoms with E-state index in [1.165, 1.54) is 4.70 Å². The largest absolute Gasteiger partial charge is 0.484 e. The smallest absolute Gasteiger partial charge is 0.184 e. The highest BCUT2D eigenvalue weighted by Crippen LogP contribution is 2.42. The van der Waals surface area contributed by atoms with Crippen molar-refractivity contribution in [3.05, 3.63) is 51.9 Å². The molecule has 3 nitrogen and oxygen atoms in total. The van der Waals surface area contributed by atoms with Gasteiger partial charge in [-0.25, -0.2) is 4.98 Å². The Bertz CT molecular complexity index is 753. The Morgan fingerprint density at radius 2 is 2.05 bits per heavy atom. The summed E-state index contributed by atoms with van der Waals surface area (Å²) in [5.41, 5.74) is 1.01. The zero-order valence-corrected chi connectivity index (χ0v) is 12.8. The van der Waals surface area contributed by atoms with E-state index < -0.39 is 0 Å². The second-order valence-corrected chi connectivity index (χ2v) is 6.42. The van der Waals surface area contributed by atoms with Crippen molar-refractivity contribution in [1.82, 2.24) is 4.98 Å². The molecule has 0 amide bonds. The quantitative estimate of drug-likeness (QED) is 0.646. The van der Waals surface area contributed by atoms with Gasteiger partial charge in [0.05, 0.1) is 14.7 Å². The van der Waals surface area contributed by atoms with Crippen LogP contribution in [0.3, 0.4) is 0 Å². The molecule has 1 aliphatic heterocycles. The summed E-state index contributed by atoms with van der Waals surface area (Å²) in [4.78, 5) is 4.63. The van der Waals surface area contributed by atoms with Crippen molar-refractivity contribution in [2.75, 3.05) is 6.61 Å². The van der Waals surface area contributed by atoms with Crippen molar-refractivity contribution >= 4 is 37.5 Å². The number of nitrogens with zero attached hydrogens (tertiary/aromatic N) is 1. The first-order valence-electron chi connectivity index (χ1n) is 6.25. The molecule has 3 aromatic rings. The fourth-order valence-corrected chi connectivity index (χ4v) is 3.66. The Hall–Kier alpha value is -1.59. The van der Waals surface area contributed by atoms with Gasteiger partial charge in [0.25, 0.3) is 0 Å². The van der Waals surface area contributed by atoms with Gasteiger partial charge in [-0.1, -0.05) is 18.2 Å². The van der Waals surface area contributed by atoms with Crippen molar-refractivity contribution in [3.8, 4) is 11.5 Å². The molecule has 1 aliphatic rings. The summed E-state index contributed by atoms with van der Waals surface area (Å²) in [6, 6.07) is 13.9. The van der Waals surface area contributed by atoms with Gasteiger partial charge < -0.3 is 9.47 Å². The predicted molar refractivity (Wildman–Crippen MR) is 82.6 cm³/mol. The van der Waals surface area contributed by atoms with Gasteiger partial charge in [0.15, 0.2) is 17.6 Å². The molecule has 1 aromatic heterocycles. The molecule has 0 spiro atoms. The SMILES string of the molecule is Brc1cccc2c1OCC(c1nc3ccccc3s1)O2. The lowest BCUT2D eigenvalue weighted by molar-refractivity contribution is 0.0904. The summed E-state index contributed by atoms with van der Waals surface area (Å²) in [5.74, 6) is 1.53. The lowest BCUT2D eigenvalue weighted by Crippen LogP contribution is -2.21. The number of halogens is 1. The Morgan fingerprint density at radius 3 is 2.95 bits per heavy atom. The van der Waals surface area contributed by atoms with Crippen molar-refractivity contribution in [1.29, 1.82) is 0 Å². The molecule has 0 radical (unpaired) electrons. The second kappa shape index (κ2) is 4.75. The maximum Gasteiger partial charge on any atom is 0.184 e. The number of aromatic nitrogens is 1. The third kappa shape index (κ3) is 1.98. The third-order valence-electron chi connectivity index (χ3n) is 3.16. The Balaban J connectivity index is 1.71. The van der Waals surface area contributed by atoms with Gasteiger partial charge in [-0.05, 0) is 40.2 Å². The van der Waals surface area contributed by atoms with Crippen molar-refractivity contribution in [2.45, 2.75) is 6.10 Å². The molecule has 0 bridgehead atoms. The maximum atomic E-state index is 6.02. The van der Waals surface area contributed by atoms with Gasteiger partial charge in [-0.2, -0.15) is 0 Å².